The number of esters is 1. The van der Waals surface area contributed by atoms with Gasteiger partial charge in [-0.05, 0) is 50.6 Å². The molecule has 0 radical (unpaired) electrons. The lowest BCUT2D eigenvalue weighted by Gasteiger charge is -2.32. The van der Waals surface area contributed by atoms with Gasteiger partial charge in [-0.15, -0.1) is 0 Å². The molecule has 0 aliphatic carbocycles. The molecular formula is C20H26N2O4. The summed E-state index contributed by atoms with van der Waals surface area (Å²) in [5, 5.41) is 11.3. The fourth-order valence-electron chi connectivity index (χ4n) is 3.41. The SMILES string of the molecule is CCOC(=O)C1CCCN(C[C@@H](O)COc2cccc3ncccc23)C1. The van der Waals surface area contributed by atoms with Crippen molar-refractivity contribution in [1.82, 2.24) is 9.88 Å². The summed E-state index contributed by atoms with van der Waals surface area (Å²) in [5.74, 6) is 0.491. The van der Waals surface area contributed by atoms with Gasteiger partial charge in [0.1, 0.15) is 18.5 Å². The minimum atomic E-state index is -0.622. The molecule has 1 aromatic carbocycles. The summed E-state index contributed by atoms with van der Waals surface area (Å²) in [6.45, 7) is 4.43. The van der Waals surface area contributed by atoms with Crippen molar-refractivity contribution in [1.29, 1.82) is 0 Å². The summed E-state index contributed by atoms with van der Waals surface area (Å²) in [6.07, 6.45) is 2.91. The number of pyridine rings is 1. The summed E-state index contributed by atoms with van der Waals surface area (Å²) in [7, 11) is 0. The fourth-order valence-corrected chi connectivity index (χ4v) is 3.41. The molecule has 1 aliphatic heterocycles. The molecule has 0 saturated carbocycles. The van der Waals surface area contributed by atoms with E-state index in [9.17, 15) is 9.90 Å². The predicted molar refractivity (Wildman–Crippen MR) is 99.0 cm³/mol. The molecule has 6 heteroatoms. The molecular weight excluding hydrogens is 332 g/mol. The first-order chi connectivity index (χ1) is 12.7. The molecule has 26 heavy (non-hydrogen) atoms. The number of carbonyl (C=O) groups is 1. The maximum Gasteiger partial charge on any atom is 0.310 e. The van der Waals surface area contributed by atoms with Crippen LogP contribution in [0.1, 0.15) is 19.8 Å². The van der Waals surface area contributed by atoms with Crippen LogP contribution in [0, 0.1) is 5.92 Å². The third-order valence-corrected chi connectivity index (χ3v) is 4.63. The van der Waals surface area contributed by atoms with Gasteiger partial charge in [0.25, 0.3) is 0 Å². The number of aliphatic hydroxyl groups is 1. The average molecular weight is 358 g/mol. The van der Waals surface area contributed by atoms with Crippen LogP contribution in [0.25, 0.3) is 10.9 Å². The number of rotatable bonds is 7. The highest BCUT2D eigenvalue weighted by Gasteiger charge is 2.27. The minimum Gasteiger partial charge on any atom is -0.490 e. The Kier molecular flexibility index (Phi) is 6.41. The highest BCUT2D eigenvalue weighted by atomic mass is 16.5. The number of aliphatic hydroxyl groups excluding tert-OH is 1. The molecule has 6 nitrogen and oxygen atoms in total. The van der Waals surface area contributed by atoms with Crippen LogP contribution >= 0.6 is 0 Å². The van der Waals surface area contributed by atoms with Crippen molar-refractivity contribution >= 4 is 16.9 Å². The number of hydrogen-bond donors (Lipinski definition) is 1. The van der Waals surface area contributed by atoms with Crippen molar-refractivity contribution in [2.45, 2.75) is 25.9 Å². The van der Waals surface area contributed by atoms with Gasteiger partial charge in [0.15, 0.2) is 0 Å². The normalized spacial score (nSPS) is 19.2. The molecule has 1 aliphatic rings. The lowest BCUT2D eigenvalue weighted by atomic mass is 9.98. The van der Waals surface area contributed by atoms with Crippen molar-refractivity contribution in [3.8, 4) is 5.75 Å². The van der Waals surface area contributed by atoms with E-state index in [1.165, 1.54) is 0 Å². The maximum absolute atomic E-state index is 11.9. The number of likely N-dealkylation sites (tertiary alicyclic amines) is 1. The molecule has 2 heterocycles. The molecule has 1 N–H and O–H groups in total. The number of β-amino-alcohol motifs (C(OH)–C–C–N with tert-alkyl or cyclic N) is 1. The Morgan fingerprint density at radius 2 is 2.27 bits per heavy atom. The van der Waals surface area contributed by atoms with E-state index in [4.69, 9.17) is 9.47 Å². The monoisotopic (exact) mass is 358 g/mol. The molecule has 2 atom stereocenters. The molecule has 1 fully saturated rings. The van der Waals surface area contributed by atoms with E-state index in [1.54, 1.807) is 6.20 Å². The number of nitrogens with zero attached hydrogens (tertiary/aromatic N) is 2. The van der Waals surface area contributed by atoms with Crippen molar-refractivity contribution in [3.05, 3.63) is 36.5 Å². The van der Waals surface area contributed by atoms with Gasteiger partial charge >= 0.3 is 5.97 Å². The van der Waals surface area contributed by atoms with Crippen LogP contribution in [0.2, 0.25) is 0 Å². The van der Waals surface area contributed by atoms with Crippen molar-refractivity contribution < 1.29 is 19.4 Å². The van der Waals surface area contributed by atoms with E-state index < -0.39 is 6.10 Å². The van der Waals surface area contributed by atoms with Gasteiger partial charge in [-0.3, -0.25) is 14.7 Å². The molecule has 0 spiro atoms. The van der Waals surface area contributed by atoms with Gasteiger partial charge in [0.2, 0.25) is 0 Å². The quantitative estimate of drug-likeness (QED) is 0.766. The zero-order valence-electron chi connectivity index (χ0n) is 15.1. The lowest BCUT2D eigenvalue weighted by Crippen LogP contribution is -2.44. The Balaban J connectivity index is 1.52. The van der Waals surface area contributed by atoms with Crippen molar-refractivity contribution in [2.75, 3.05) is 32.8 Å². The Morgan fingerprint density at radius 3 is 3.12 bits per heavy atom. The zero-order chi connectivity index (χ0) is 18.4. The molecule has 1 aromatic heterocycles. The standard InChI is InChI=1S/C20H26N2O4/c1-2-25-20(24)15-6-5-11-22(12-15)13-16(23)14-26-19-9-3-8-18-17(19)7-4-10-21-18/h3-4,7-10,15-16,23H,2,5-6,11-14H2,1H3/t15?,16-/m1/s1. The zero-order valence-corrected chi connectivity index (χ0v) is 15.1. The third-order valence-electron chi connectivity index (χ3n) is 4.63. The van der Waals surface area contributed by atoms with Crippen LogP contribution in [0.15, 0.2) is 36.5 Å². The third kappa shape index (κ3) is 4.71. The summed E-state index contributed by atoms with van der Waals surface area (Å²) in [6, 6.07) is 9.54. The Bertz CT molecular complexity index is 731. The number of piperidine rings is 1. The molecule has 1 saturated heterocycles. The maximum atomic E-state index is 11.9. The van der Waals surface area contributed by atoms with Gasteiger partial charge in [0, 0.05) is 24.7 Å². The lowest BCUT2D eigenvalue weighted by molar-refractivity contribution is -0.150. The smallest absolute Gasteiger partial charge is 0.310 e. The first-order valence-corrected chi connectivity index (χ1v) is 9.21. The van der Waals surface area contributed by atoms with Gasteiger partial charge < -0.3 is 14.6 Å². The van der Waals surface area contributed by atoms with Gasteiger partial charge in [-0.2, -0.15) is 0 Å². The Labute approximate surface area is 153 Å². The highest BCUT2D eigenvalue weighted by molar-refractivity contribution is 5.84. The molecule has 0 bridgehead atoms. The number of ether oxygens (including phenoxy) is 2. The van der Waals surface area contributed by atoms with Crippen molar-refractivity contribution in [2.24, 2.45) is 5.92 Å². The summed E-state index contributed by atoms with van der Waals surface area (Å²) < 4.78 is 10.9. The Hall–Kier alpha value is -2.18. The molecule has 2 aromatic rings. The minimum absolute atomic E-state index is 0.0963. The van der Waals surface area contributed by atoms with Crippen LogP contribution in [0.5, 0.6) is 5.75 Å². The molecule has 1 unspecified atom stereocenters. The number of aromatic nitrogens is 1. The van der Waals surface area contributed by atoms with Gasteiger partial charge in [0.05, 0.1) is 18.0 Å². The predicted octanol–water partition coefficient (Wildman–Crippen LogP) is 2.25. The summed E-state index contributed by atoms with van der Waals surface area (Å²) in [5.41, 5.74) is 0.868. The van der Waals surface area contributed by atoms with E-state index >= 15 is 0 Å². The topological polar surface area (TPSA) is 71.9 Å². The number of benzene rings is 1. The molecule has 140 valence electrons. The van der Waals surface area contributed by atoms with E-state index in [0.29, 0.717) is 19.7 Å². The summed E-state index contributed by atoms with van der Waals surface area (Å²) in [4.78, 5) is 18.3. The van der Waals surface area contributed by atoms with Crippen LogP contribution in [-0.2, 0) is 9.53 Å². The van der Waals surface area contributed by atoms with Gasteiger partial charge in [-0.25, -0.2) is 0 Å². The molecule has 0 amide bonds. The van der Waals surface area contributed by atoms with E-state index in [-0.39, 0.29) is 18.5 Å². The number of fused-ring (bicyclic) bond motifs is 1. The molecule has 3 rings (SSSR count). The van der Waals surface area contributed by atoms with Crippen LogP contribution < -0.4 is 4.74 Å². The van der Waals surface area contributed by atoms with Crippen LogP contribution in [0.3, 0.4) is 0 Å². The van der Waals surface area contributed by atoms with E-state index in [1.807, 2.05) is 37.3 Å². The first-order valence-electron chi connectivity index (χ1n) is 9.21. The second kappa shape index (κ2) is 8.96. The number of hydrogen-bond acceptors (Lipinski definition) is 6. The van der Waals surface area contributed by atoms with Crippen molar-refractivity contribution in [3.63, 3.8) is 0 Å². The van der Waals surface area contributed by atoms with Crippen LogP contribution in [-0.4, -0.2) is 59.9 Å². The highest BCUT2D eigenvalue weighted by Crippen LogP contribution is 2.24. The average Bonchev–Trinajstić information content (AvgIpc) is 2.67. The van der Waals surface area contributed by atoms with Gasteiger partial charge in [-0.1, -0.05) is 6.07 Å². The van der Waals surface area contributed by atoms with E-state index in [0.717, 1.165) is 36.0 Å². The van der Waals surface area contributed by atoms with Crippen LogP contribution in [0.4, 0.5) is 0 Å². The summed E-state index contributed by atoms with van der Waals surface area (Å²) >= 11 is 0. The fraction of sp³-hybridized carbons (Fsp3) is 0.500. The largest absolute Gasteiger partial charge is 0.490 e. The Morgan fingerprint density at radius 1 is 1.38 bits per heavy atom. The second-order valence-corrected chi connectivity index (χ2v) is 6.64. The van der Waals surface area contributed by atoms with E-state index in [2.05, 4.69) is 9.88 Å². The first kappa shape index (κ1) is 18.6. The second-order valence-electron chi connectivity index (χ2n) is 6.64. The number of carbonyl (C=O) groups excluding carboxylic acids is 1.